The molecular formula is C15H20ClNO4S. The van der Waals surface area contributed by atoms with Gasteiger partial charge in [0.05, 0.1) is 12.4 Å². The molecule has 0 radical (unpaired) electrons. The van der Waals surface area contributed by atoms with Crippen molar-refractivity contribution in [2.45, 2.75) is 26.5 Å². The minimum atomic E-state index is -3.56. The van der Waals surface area contributed by atoms with Crippen molar-refractivity contribution in [1.29, 1.82) is 0 Å². The van der Waals surface area contributed by atoms with E-state index in [9.17, 15) is 13.2 Å². The number of benzene rings is 1. The van der Waals surface area contributed by atoms with E-state index in [0.717, 1.165) is 11.1 Å². The summed E-state index contributed by atoms with van der Waals surface area (Å²) in [7, 11) is 1.70. The Morgan fingerprint density at radius 2 is 1.91 bits per heavy atom. The van der Waals surface area contributed by atoms with Crippen molar-refractivity contribution in [2.24, 2.45) is 5.92 Å². The van der Waals surface area contributed by atoms with Crippen LogP contribution in [0.5, 0.6) is 0 Å². The van der Waals surface area contributed by atoms with Crippen molar-refractivity contribution in [3.05, 3.63) is 35.4 Å². The largest absolute Gasteiger partial charge is 0.377 e. The van der Waals surface area contributed by atoms with Crippen LogP contribution in [0.25, 0.3) is 0 Å². The van der Waals surface area contributed by atoms with Crippen LogP contribution in [0.1, 0.15) is 24.5 Å². The molecule has 2 rings (SSSR count). The van der Waals surface area contributed by atoms with Crippen molar-refractivity contribution >= 4 is 25.6 Å². The fourth-order valence-electron chi connectivity index (χ4n) is 2.58. The molecule has 0 N–H and O–H groups in total. The minimum Gasteiger partial charge on any atom is -0.377 e. The zero-order valence-electron chi connectivity index (χ0n) is 12.5. The van der Waals surface area contributed by atoms with Crippen molar-refractivity contribution in [3.8, 4) is 0 Å². The molecule has 22 heavy (non-hydrogen) atoms. The van der Waals surface area contributed by atoms with Crippen molar-refractivity contribution in [2.75, 3.05) is 18.9 Å². The molecule has 1 fully saturated rings. The monoisotopic (exact) mass is 345 g/mol. The van der Waals surface area contributed by atoms with Gasteiger partial charge in [0.15, 0.2) is 0 Å². The van der Waals surface area contributed by atoms with E-state index in [2.05, 4.69) is 0 Å². The first-order valence-electron chi connectivity index (χ1n) is 7.23. The summed E-state index contributed by atoms with van der Waals surface area (Å²) in [6.45, 7) is 4.13. The second-order valence-corrected chi connectivity index (χ2v) is 8.33. The zero-order chi connectivity index (χ0) is 16.2. The van der Waals surface area contributed by atoms with E-state index >= 15 is 0 Å². The fraction of sp³-hybridized carbons (Fsp3) is 0.533. The van der Waals surface area contributed by atoms with Gasteiger partial charge in [-0.05, 0) is 18.1 Å². The van der Waals surface area contributed by atoms with Gasteiger partial charge in [0.2, 0.25) is 15.0 Å². The third-order valence-electron chi connectivity index (χ3n) is 3.60. The minimum absolute atomic E-state index is 0.0243. The average Bonchev–Trinajstić information content (AvgIpc) is 2.75. The van der Waals surface area contributed by atoms with Gasteiger partial charge in [-0.15, -0.1) is 0 Å². The van der Waals surface area contributed by atoms with Crippen LogP contribution >= 0.6 is 10.7 Å². The second-order valence-electron chi connectivity index (χ2n) is 5.50. The van der Waals surface area contributed by atoms with Gasteiger partial charge in [-0.2, -0.15) is 0 Å². The number of halogens is 1. The Bertz CT molecular complexity index is 615. The van der Waals surface area contributed by atoms with E-state index in [1.54, 1.807) is 4.90 Å². The van der Waals surface area contributed by atoms with Gasteiger partial charge in [0.1, 0.15) is 0 Å². The summed E-state index contributed by atoms with van der Waals surface area (Å²) < 4.78 is 27.5. The third-order valence-corrected chi connectivity index (χ3v) is 4.85. The number of nitrogens with zero attached hydrogens (tertiary/aromatic N) is 1. The zero-order valence-corrected chi connectivity index (χ0v) is 14.1. The van der Waals surface area contributed by atoms with Crippen LogP contribution in [0, 0.1) is 5.92 Å². The smallest absolute Gasteiger partial charge is 0.232 e. The Morgan fingerprint density at radius 3 is 2.50 bits per heavy atom. The maximum absolute atomic E-state index is 12.0. The third kappa shape index (κ3) is 5.26. The molecule has 1 aromatic carbocycles. The van der Waals surface area contributed by atoms with Gasteiger partial charge in [0, 0.05) is 42.7 Å². The molecule has 0 saturated carbocycles. The molecule has 1 unspecified atom stereocenters. The highest BCUT2D eigenvalue weighted by molar-refractivity contribution is 8.13. The Morgan fingerprint density at radius 1 is 1.27 bits per heavy atom. The van der Waals surface area contributed by atoms with Gasteiger partial charge >= 0.3 is 0 Å². The molecular weight excluding hydrogens is 326 g/mol. The summed E-state index contributed by atoms with van der Waals surface area (Å²) in [6.07, 6.45) is 0.244. The predicted molar refractivity (Wildman–Crippen MR) is 84.9 cm³/mol. The Kier molecular flexibility index (Phi) is 5.83. The van der Waals surface area contributed by atoms with E-state index in [1.165, 1.54) is 0 Å². The maximum Gasteiger partial charge on any atom is 0.232 e. The number of ether oxygens (including phenoxy) is 1. The molecule has 5 nitrogen and oxygen atoms in total. The van der Waals surface area contributed by atoms with Crippen molar-refractivity contribution in [3.63, 3.8) is 0 Å². The van der Waals surface area contributed by atoms with E-state index < -0.39 is 9.05 Å². The topological polar surface area (TPSA) is 63.7 Å². The lowest BCUT2D eigenvalue weighted by atomic mass is 10.1. The van der Waals surface area contributed by atoms with Crippen LogP contribution < -0.4 is 0 Å². The molecule has 0 aliphatic carbocycles. The van der Waals surface area contributed by atoms with Crippen LogP contribution in [0.3, 0.4) is 0 Å². The Hall–Kier alpha value is -1.11. The summed E-state index contributed by atoms with van der Waals surface area (Å²) in [4.78, 5) is 13.6. The van der Waals surface area contributed by atoms with Crippen LogP contribution in [-0.2, 0) is 31.7 Å². The van der Waals surface area contributed by atoms with E-state index in [1.807, 2.05) is 31.2 Å². The number of carbonyl (C=O) groups excluding carboxylic acids is 1. The molecule has 0 aromatic heterocycles. The van der Waals surface area contributed by atoms with Crippen LogP contribution in [-0.4, -0.2) is 38.1 Å². The van der Waals surface area contributed by atoms with Gasteiger partial charge < -0.3 is 9.64 Å². The highest BCUT2D eigenvalue weighted by Crippen LogP contribution is 2.22. The summed E-state index contributed by atoms with van der Waals surface area (Å²) in [5.74, 6) is -0.389. The molecule has 1 aliphatic rings. The first kappa shape index (κ1) is 17.2. The number of hydrogen-bond acceptors (Lipinski definition) is 4. The molecule has 1 amide bonds. The van der Waals surface area contributed by atoms with Gasteiger partial charge in [-0.3, -0.25) is 4.79 Å². The molecule has 1 saturated heterocycles. The number of amides is 1. The molecule has 7 heteroatoms. The summed E-state index contributed by atoms with van der Waals surface area (Å²) in [5, 5.41) is 0. The second kappa shape index (κ2) is 7.44. The normalized spacial score (nSPS) is 18.9. The lowest BCUT2D eigenvalue weighted by Gasteiger charge is -2.16. The van der Waals surface area contributed by atoms with Gasteiger partial charge in [-0.1, -0.05) is 24.3 Å². The average molecular weight is 346 g/mol. The van der Waals surface area contributed by atoms with Gasteiger partial charge in [0.25, 0.3) is 0 Å². The molecule has 0 spiro atoms. The Labute approximate surface area is 135 Å². The SMILES string of the molecule is CCOCc1ccc(CN2CC(CS(=O)(=O)Cl)CC2=O)cc1. The molecule has 1 atom stereocenters. The Balaban J connectivity index is 1.92. The lowest BCUT2D eigenvalue weighted by molar-refractivity contribution is -0.128. The van der Waals surface area contributed by atoms with Crippen LogP contribution in [0.4, 0.5) is 0 Å². The maximum atomic E-state index is 12.0. The summed E-state index contributed by atoms with van der Waals surface area (Å²) >= 11 is 0. The van der Waals surface area contributed by atoms with E-state index in [-0.39, 0.29) is 24.0 Å². The molecule has 1 aromatic rings. The number of hydrogen-bond donors (Lipinski definition) is 0. The molecule has 1 heterocycles. The quantitative estimate of drug-likeness (QED) is 0.710. The van der Waals surface area contributed by atoms with Crippen LogP contribution in [0.2, 0.25) is 0 Å². The standard InChI is InChI=1S/C15H20ClNO4S/c1-2-21-10-13-5-3-12(4-6-13)8-17-9-14(7-15(17)18)11-22(16,19)20/h3-6,14H,2,7-11H2,1H3. The van der Waals surface area contributed by atoms with Gasteiger partial charge in [-0.25, -0.2) is 8.42 Å². The number of rotatable bonds is 7. The van der Waals surface area contributed by atoms with Crippen molar-refractivity contribution in [1.82, 2.24) is 4.90 Å². The molecule has 1 aliphatic heterocycles. The summed E-state index contributed by atoms with van der Waals surface area (Å²) in [6, 6.07) is 7.89. The van der Waals surface area contributed by atoms with Crippen LogP contribution in [0.15, 0.2) is 24.3 Å². The van der Waals surface area contributed by atoms with Crippen molar-refractivity contribution < 1.29 is 17.9 Å². The fourth-order valence-corrected chi connectivity index (χ4v) is 3.90. The highest BCUT2D eigenvalue weighted by atomic mass is 35.7. The first-order chi connectivity index (χ1) is 10.4. The first-order valence-corrected chi connectivity index (χ1v) is 9.71. The lowest BCUT2D eigenvalue weighted by Crippen LogP contribution is -2.25. The summed E-state index contributed by atoms with van der Waals surface area (Å²) in [5.41, 5.74) is 2.10. The number of carbonyl (C=O) groups is 1. The van der Waals surface area contributed by atoms with E-state index in [4.69, 9.17) is 15.4 Å². The molecule has 0 bridgehead atoms. The van der Waals surface area contributed by atoms with E-state index in [0.29, 0.717) is 26.3 Å². The molecule has 122 valence electrons. The number of likely N-dealkylation sites (tertiary alicyclic amines) is 1. The highest BCUT2D eigenvalue weighted by Gasteiger charge is 2.32. The predicted octanol–water partition coefficient (Wildman–Crippen LogP) is 2.14.